The average Bonchev–Trinajstić information content (AvgIpc) is 3.54. The standard InChI is InChI=1S/C20H28N2O6S/c1-14(19(23)21-16-8-9-16)28-20(24)15-7-10-17(27-2)18(13-15)29(25,26)22-11-5-3-4-6-12-22/h7,10,13-14,16H,3-6,8-9,11-12H2,1-2H3,(H,21,23)/t14-/m0/s1. The molecule has 0 unspecified atom stereocenters. The van der Waals surface area contributed by atoms with Crippen molar-refractivity contribution in [2.24, 2.45) is 0 Å². The van der Waals surface area contributed by atoms with Crippen LogP contribution in [-0.4, -0.2) is 56.9 Å². The molecule has 160 valence electrons. The van der Waals surface area contributed by atoms with Crippen LogP contribution in [0.4, 0.5) is 0 Å². The van der Waals surface area contributed by atoms with Crippen molar-refractivity contribution >= 4 is 21.9 Å². The van der Waals surface area contributed by atoms with Gasteiger partial charge in [-0.2, -0.15) is 4.31 Å². The zero-order chi connectivity index (χ0) is 21.0. The number of ether oxygens (including phenoxy) is 2. The van der Waals surface area contributed by atoms with Crippen molar-refractivity contribution in [1.29, 1.82) is 0 Å². The molecule has 0 radical (unpaired) electrons. The topological polar surface area (TPSA) is 102 Å². The molecule has 1 saturated heterocycles. The molecule has 3 rings (SSSR count). The lowest BCUT2D eigenvalue weighted by Crippen LogP contribution is -2.37. The van der Waals surface area contributed by atoms with Crippen LogP contribution in [0.15, 0.2) is 23.1 Å². The molecule has 1 saturated carbocycles. The first-order valence-electron chi connectivity index (χ1n) is 10.0. The molecule has 1 N–H and O–H groups in total. The number of hydrogen-bond donors (Lipinski definition) is 1. The number of sulfonamides is 1. The number of nitrogens with zero attached hydrogens (tertiary/aromatic N) is 1. The minimum atomic E-state index is -3.82. The van der Waals surface area contributed by atoms with Crippen LogP contribution < -0.4 is 10.1 Å². The summed E-state index contributed by atoms with van der Waals surface area (Å²) < 4.78 is 38.3. The van der Waals surface area contributed by atoms with E-state index in [0.717, 1.165) is 38.5 Å². The van der Waals surface area contributed by atoms with E-state index in [1.807, 2.05) is 0 Å². The van der Waals surface area contributed by atoms with Gasteiger partial charge in [-0.25, -0.2) is 13.2 Å². The zero-order valence-corrected chi connectivity index (χ0v) is 17.7. The molecule has 2 aliphatic rings. The molecule has 1 heterocycles. The van der Waals surface area contributed by atoms with Gasteiger partial charge in [0.1, 0.15) is 10.6 Å². The summed E-state index contributed by atoms with van der Waals surface area (Å²) in [5.41, 5.74) is 0.0604. The van der Waals surface area contributed by atoms with Crippen LogP contribution >= 0.6 is 0 Å². The minimum Gasteiger partial charge on any atom is -0.495 e. The molecule has 9 heteroatoms. The van der Waals surface area contributed by atoms with Gasteiger partial charge in [-0.15, -0.1) is 0 Å². The third-order valence-electron chi connectivity index (χ3n) is 5.16. The summed E-state index contributed by atoms with van der Waals surface area (Å²) in [6, 6.07) is 4.31. The van der Waals surface area contributed by atoms with E-state index in [4.69, 9.17) is 9.47 Å². The second kappa shape index (κ2) is 9.13. The van der Waals surface area contributed by atoms with Gasteiger partial charge in [-0.1, -0.05) is 12.8 Å². The number of rotatable bonds is 7. The molecule has 2 fully saturated rings. The van der Waals surface area contributed by atoms with Gasteiger partial charge in [0.15, 0.2) is 6.10 Å². The van der Waals surface area contributed by atoms with E-state index in [1.54, 1.807) is 0 Å². The Balaban J connectivity index is 1.80. The lowest BCUT2D eigenvalue weighted by atomic mass is 10.2. The Morgan fingerprint density at radius 3 is 2.38 bits per heavy atom. The molecular weight excluding hydrogens is 396 g/mol. The molecule has 29 heavy (non-hydrogen) atoms. The van der Waals surface area contributed by atoms with Crippen molar-refractivity contribution in [3.05, 3.63) is 23.8 Å². The first-order chi connectivity index (χ1) is 13.8. The quantitative estimate of drug-likeness (QED) is 0.673. The average molecular weight is 425 g/mol. The van der Waals surface area contributed by atoms with Crippen LogP contribution in [0, 0.1) is 0 Å². The normalized spacial score (nSPS) is 19.1. The monoisotopic (exact) mass is 424 g/mol. The van der Waals surface area contributed by atoms with E-state index in [1.165, 1.54) is 36.5 Å². The highest BCUT2D eigenvalue weighted by Crippen LogP contribution is 2.29. The van der Waals surface area contributed by atoms with Gasteiger partial charge in [0.05, 0.1) is 12.7 Å². The summed E-state index contributed by atoms with van der Waals surface area (Å²) >= 11 is 0. The van der Waals surface area contributed by atoms with Gasteiger partial charge >= 0.3 is 5.97 Å². The van der Waals surface area contributed by atoms with Crippen LogP contribution in [0.1, 0.15) is 55.8 Å². The summed E-state index contributed by atoms with van der Waals surface area (Å²) in [6.45, 7) is 2.38. The smallest absolute Gasteiger partial charge is 0.338 e. The highest BCUT2D eigenvalue weighted by Gasteiger charge is 2.31. The van der Waals surface area contributed by atoms with Gasteiger partial charge in [-0.05, 0) is 50.8 Å². The van der Waals surface area contributed by atoms with Crippen molar-refractivity contribution < 1.29 is 27.5 Å². The fourth-order valence-corrected chi connectivity index (χ4v) is 4.95. The summed E-state index contributed by atoms with van der Waals surface area (Å²) in [6.07, 6.45) is 4.50. The Bertz CT molecular complexity index is 858. The second-order valence-electron chi connectivity index (χ2n) is 7.51. The Hall–Kier alpha value is -2.13. The number of carbonyl (C=O) groups is 2. The lowest BCUT2D eigenvalue weighted by Gasteiger charge is -2.21. The third kappa shape index (κ3) is 5.27. The van der Waals surface area contributed by atoms with Gasteiger partial charge in [0.2, 0.25) is 10.0 Å². The highest BCUT2D eigenvalue weighted by molar-refractivity contribution is 7.89. The van der Waals surface area contributed by atoms with E-state index in [2.05, 4.69) is 5.32 Å². The van der Waals surface area contributed by atoms with Gasteiger partial charge in [-0.3, -0.25) is 4.79 Å². The number of hydrogen-bond acceptors (Lipinski definition) is 6. The van der Waals surface area contributed by atoms with Crippen LogP contribution in [0.2, 0.25) is 0 Å². The summed E-state index contributed by atoms with van der Waals surface area (Å²) in [5.74, 6) is -0.935. The molecule has 0 aromatic heterocycles. The molecule has 1 aromatic carbocycles. The molecule has 1 aliphatic heterocycles. The third-order valence-corrected chi connectivity index (χ3v) is 7.08. The Kier molecular flexibility index (Phi) is 6.79. The molecule has 8 nitrogen and oxygen atoms in total. The first kappa shape index (κ1) is 21.6. The van der Waals surface area contributed by atoms with Crippen LogP contribution in [0.5, 0.6) is 5.75 Å². The Morgan fingerprint density at radius 2 is 1.79 bits per heavy atom. The molecule has 1 atom stereocenters. The first-order valence-corrected chi connectivity index (χ1v) is 11.5. The number of amides is 1. The van der Waals surface area contributed by atoms with Crippen LogP contribution in [-0.2, 0) is 19.6 Å². The predicted molar refractivity (Wildman–Crippen MR) is 106 cm³/mol. The molecular formula is C20H28N2O6S. The van der Waals surface area contributed by atoms with E-state index in [-0.39, 0.29) is 28.2 Å². The number of benzene rings is 1. The van der Waals surface area contributed by atoms with Gasteiger partial charge < -0.3 is 14.8 Å². The van der Waals surface area contributed by atoms with Crippen LogP contribution in [0.3, 0.4) is 0 Å². The van der Waals surface area contributed by atoms with E-state index in [9.17, 15) is 18.0 Å². The van der Waals surface area contributed by atoms with Crippen molar-refractivity contribution in [2.75, 3.05) is 20.2 Å². The van der Waals surface area contributed by atoms with Gasteiger partial charge in [0, 0.05) is 19.1 Å². The Labute approximate surface area is 171 Å². The second-order valence-corrected chi connectivity index (χ2v) is 9.42. The molecule has 1 amide bonds. The molecule has 1 aliphatic carbocycles. The number of nitrogens with one attached hydrogen (secondary N) is 1. The zero-order valence-electron chi connectivity index (χ0n) is 16.8. The molecule has 1 aromatic rings. The van der Waals surface area contributed by atoms with Crippen molar-refractivity contribution in [2.45, 2.75) is 62.5 Å². The van der Waals surface area contributed by atoms with Gasteiger partial charge in [0.25, 0.3) is 5.91 Å². The van der Waals surface area contributed by atoms with Crippen molar-refractivity contribution in [3.8, 4) is 5.75 Å². The maximum absolute atomic E-state index is 13.2. The molecule has 0 spiro atoms. The van der Waals surface area contributed by atoms with E-state index in [0.29, 0.717) is 13.1 Å². The summed E-state index contributed by atoms with van der Waals surface area (Å²) in [4.78, 5) is 24.5. The maximum Gasteiger partial charge on any atom is 0.338 e. The Morgan fingerprint density at radius 1 is 1.14 bits per heavy atom. The largest absolute Gasteiger partial charge is 0.495 e. The maximum atomic E-state index is 13.2. The van der Waals surface area contributed by atoms with E-state index >= 15 is 0 Å². The van der Waals surface area contributed by atoms with Crippen LogP contribution in [0.25, 0.3) is 0 Å². The highest BCUT2D eigenvalue weighted by atomic mass is 32.2. The SMILES string of the molecule is COc1ccc(C(=O)O[C@@H](C)C(=O)NC2CC2)cc1S(=O)(=O)N1CCCCCC1. The summed E-state index contributed by atoms with van der Waals surface area (Å²) in [7, 11) is -2.43. The number of carbonyl (C=O) groups excluding carboxylic acids is 2. The minimum absolute atomic E-state index is 0.0604. The van der Waals surface area contributed by atoms with Crippen molar-refractivity contribution in [1.82, 2.24) is 9.62 Å². The molecule has 0 bridgehead atoms. The summed E-state index contributed by atoms with van der Waals surface area (Å²) in [5, 5.41) is 2.77. The van der Waals surface area contributed by atoms with E-state index < -0.39 is 22.1 Å². The number of methoxy groups -OCH3 is 1. The number of esters is 1. The fraction of sp³-hybridized carbons (Fsp3) is 0.600. The van der Waals surface area contributed by atoms with Crippen molar-refractivity contribution in [3.63, 3.8) is 0 Å². The fourth-order valence-electron chi connectivity index (χ4n) is 3.25. The lowest BCUT2D eigenvalue weighted by molar-refractivity contribution is -0.129. The predicted octanol–water partition coefficient (Wildman–Crippen LogP) is 2.08.